The van der Waals surface area contributed by atoms with E-state index < -0.39 is 0 Å². The van der Waals surface area contributed by atoms with Crippen molar-refractivity contribution in [1.29, 1.82) is 0 Å². The standard InChI is InChI=1S/C24H20O/c25-23-16-17-24(20-12-6-2-7-13-20,21-14-8-3-9-15-21)18-22(23)19-10-4-1-5-11-19/h1-17,22H,18H2/t22-/m0/s1. The van der Waals surface area contributed by atoms with Crippen LogP contribution in [0, 0.1) is 0 Å². The molecule has 0 spiro atoms. The third kappa shape index (κ3) is 2.83. The van der Waals surface area contributed by atoms with Gasteiger partial charge in [0, 0.05) is 11.3 Å². The van der Waals surface area contributed by atoms with Gasteiger partial charge in [-0.15, -0.1) is 0 Å². The van der Waals surface area contributed by atoms with E-state index in [-0.39, 0.29) is 17.1 Å². The van der Waals surface area contributed by atoms with Crippen LogP contribution in [0.25, 0.3) is 0 Å². The van der Waals surface area contributed by atoms with Crippen LogP contribution in [0.2, 0.25) is 0 Å². The first kappa shape index (κ1) is 15.6. The van der Waals surface area contributed by atoms with Gasteiger partial charge in [-0.1, -0.05) is 97.1 Å². The summed E-state index contributed by atoms with van der Waals surface area (Å²) in [5.41, 5.74) is 3.27. The monoisotopic (exact) mass is 324 g/mol. The molecule has 0 amide bonds. The van der Waals surface area contributed by atoms with Gasteiger partial charge in [-0.3, -0.25) is 4.79 Å². The molecular weight excluding hydrogens is 304 g/mol. The van der Waals surface area contributed by atoms with Crippen LogP contribution in [0.15, 0.2) is 103 Å². The van der Waals surface area contributed by atoms with E-state index in [2.05, 4.69) is 66.7 Å². The van der Waals surface area contributed by atoms with E-state index in [9.17, 15) is 4.79 Å². The highest BCUT2D eigenvalue weighted by Crippen LogP contribution is 2.45. The van der Waals surface area contributed by atoms with Gasteiger partial charge >= 0.3 is 0 Å². The second-order valence-electron chi connectivity index (χ2n) is 6.61. The van der Waals surface area contributed by atoms with Crippen molar-refractivity contribution in [2.75, 3.05) is 0 Å². The highest BCUT2D eigenvalue weighted by molar-refractivity contribution is 5.97. The number of benzene rings is 3. The molecule has 0 saturated carbocycles. The van der Waals surface area contributed by atoms with E-state index in [1.807, 2.05) is 30.3 Å². The van der Waals surface area contributed by atoms with E-state index >= 15 is 0 Å². The van der Waals surface area contributed by atoms with E-state index in [1.165, 1.54) is 11.1 Å². The van der Waals surface area contributed by atoms with E-state index in [0.717, 1.165) is 12.0 Å². The quantitative estimate of drug-likeness (QED) is 0.640. The molecule has 3 aromatic rings. The Morgan fingerprint density at radius 2 is 1.16 bits per heavy atom. The zero-order valence-electron chi connectivity index (χ0n) is 14.0. The molecule has 1 atom stereocenters. The third-order valence-corrected chi connectivity index (χ3v) is 5.18. The molecule has 25 heavy (non-hydrogen) atoms. The number of carbonyl (C=O) groups is 1. The van der Waals surface area contributed by atoms with Gasteiger partial charge in [-0.25, -0.2) is 0 Å². The maximum atomic E-state index is 12.7. The Bertz CT molecular complexity index is 840. The number of rotatable bonds is 3. The maximum Gasteiger partial charge on any atom is 0.162 e. The summed E-state index contributed by atoms with van der Waals surface area (Å²) in [5.74, 6) is 0.0697. The Balaban J connectivity index is 1.88. The van der Waals surface area contributed by atoms with Crippen molar-refractivity contribution < 1.29 is 4.79 Å². The van der Waals surface area contributed by atoms with Crippen LogP contribution in [-0.4, -0.2) is 5.78 Å². The summed E-state index contributed by atoms with van der Waals surface area (Å²) in [6.45, 7) is 0. The lowest BCUT2D eigenvalue weighted by Gasteiger charge is -2.38. The summed E-state index contributed by atoms with van der Waals surface area (Å²) in [7, 11) is 0. The van der Waals surface area contributed by atoms with Crippen LogP contribution >= 0.6 is 0 Å². The second-order valence-corrected chi connectivity index (χ2v) is 6.61. The molecule has 3 aromatic carbocycles. The Hall–Kier alpha value is -2.93. The van der Waals surface area contributed by atoms with Gasteiger partial charge in [0.2, 0.25) is 0 Å². The molecule has 0 unspecified atom stereocenters. The van der Waals surface area contributed by atoms with Gasteiger partial charge < -0.3 is 0 Å². The Morgan fingerprint density at radius 3 is 1.68 bits per heavy atom. The summed E-state index contributed by atoms with van der Waals surface area (Å²) in [5, 5.41) is 0. The Kier molecular flexibility index (Phi) is 4.07. The SMILES string of the molecule is O=C1C=CC(c2ccccc2)(c2ccccc2)C[C@H]1c1ccccc1. The van der Waals surface area contributed by atoms with Crippen LogP contribution in [0.5, 0.6) is 0 Å². The molecule has 1 aliphatic rings. The molecule has 0 N–H and O–H groups in total. The zero-order valence-corrected chi connectivity index (χ0v) is 14.0. The van der Waals surface area contributed by atoms with Gasteiger partial charge in [0.15, 0.2) is 5.78 Å². The lowest BCUT2D eigenvalue weighted by molar-refractivity contribution is -0.116. The predicted octanol–water partition coefficient (Wildman–Crippen LogP) is 5.29. The van der Waals surface area contributed by atoms with Crippen LogP contribution in [-0.2, 0) is 10.2 Å². The average Bonchev–Trinajstić information content (AvgIpc) is 2.71. The fraction of sp³-hybridized carbons (Fsp3) is 0.125. The van der Waals surface area contributed by atoms with Crippen molar-refractivity contribution in [3.05, 3.63) is 120 Å². The number of allylic oxidation sites excluding steroid dienone is 2. The van der Waals surface area contributed by atoms with Crippen LogP contribution < -0.4 is 0 Å². The van der Waals surface area contributed by atoms with Gasteiger partial charge in [-0.05, 0) is 29.2 Å². The summed E-state index contributed by atoms with van der Waals surface area (Å²) in [6.07, 6.45) is 4.63. The van der Waals surface area contributed by atoms with Crippen molar-refractivity contribution in [1.82, 2.24) is 0 Å². The number of hydrogen-bond donors (Lipinski definition) is 0. The predicted molar refractivity (Wildman–Crippen MR) is 102 cm³/mol. The van der Waals surface area contributed by atoms with Crippen molar-refractivity contribution in [3.8, 4) is 0 Å². The largest absolute Gasteiger partial charge is 0.294 e. The smallest absolute Gasteiger partial charge is 0.162 e. The Morgan fingerprint density at radius 1 is 0.680 bits per heavy atom. The molecule has 0 radical (unpaired) electrons. The van der Waals surface area contributed by atoms with Crippen LogP contribution in [0.1, 0.15) is 29.0 Å². The molecule has 1 heteroatoms. The average molecular weight is 324 g/mol. The van der Waals surface area contributed by atoms with Crippen LogP contribution in [0.3, 0.4) is 0 Å². The normalized spacial score (nSPS) is 18.9. The minimum atomic E-state index is -0.281. The highest BCUT2D eigenvalue weighted by Gasteiger charge is 2.39. The first-order valence-electron chi connectivity index (χ1n) is 8.69. The summed E-state index contributed by atoms with van der Waals surface area (Å²) >= 11 is 0. The van der Waals surface area contributed by atoms with Gasteiger partial charge in [0.25, 0.3) is 0 Å². The topological polar surface area (TPSA) is 17.1 Å². The number of ketones is 1. The summed E-state index contributed by atoms with van der Waals surface area (Å²) in [6, 6.07) is 31.1. The van der Waals surface area contributed by atoms with Crippen molar-refractivity contribution in [2.24, 2.45) is 0 Å². The lowest BCUT2D eigenvalue weighted by Crippen LogP contribution is -2.33. The molecular formula is C24H20O. The van der Waals surface area contributed by atoms with Gasteiger partial charge in [-0.2, -0.15) is 0 Å². The molecule has 0 bridgehead atoms. The highest BCUT2D eigenvalue weighted by atomic mass is 16.1. The molecule has 0 heterocycles. The number of hydrogen-bond acceptors (Lipinski definition) is 1. The van der Waals surface area contributed by atoms with Gasteiger partial charge in [0.1, 0.15) is 0 Å². The first-order valence-corrected chi connectivity index (χ1v) is 8.69. The molecule has 1 aliphatic carbocycles. The first-order chi connectivity index (χ1) is 12.3. The second kappa shape index (κ2) is 6.52. The molecule has 0 aliphatic heterocycles. The minimum absolute atomic E-state index is 0.119. The fourth-order valence-corrected chi connectivity index (χ4v) is 3.86. The molecule has 122 valence electrons. The molecule has 1 nitrogen and oxygen atoms in total. The summed E-state index contributed by atoms with van der Waals surface area (Å²) in [4.78, 5) is 12.7. The molecule has 4 rings (SSSR count). The van der Waals surface area contributed by atoms with Crippen molar-refractivity contribution in [2.45, 2.75) is 17.8 Å². The zero-order chi connectivity index (χ0) is 17.1. The summed E-state index contributed by atoms with van der Waals surface area (Å²) < 4.78 is 0. The minimum Gasteiger partial charge on any atom is -0.294 e. The number of carbonyl (C=O) groups excluding carboxylic acids is 1. The van der Waals surface area contributed by atoms with Crippen LogP contribution in [0.4, 0.5) is 0 Å². The fourth-order valence-electron chi connectivity index (χ4n) is 3.86. The van der Waals surface area contributed by atoms with Gasteiger partial charge in [0.05, 0.1) is 0 Å². The van der Waals surface area contributed by atoms with E-state index in [1.54, 1.807) is 6.08 Å². The molecule has 0 aromatic heterocycles. The Labute approximate surface area is 148 Å². The van der Waals surface area contributed by atoms with Crippen molar-refractivity contribution in [3.63, 3.8) is 0 Å². The van der Waals surface area contributed by atoms with E-state index in [0.29, 0.717) is 0 Å². The third-order valence-electron chi connectivity index (χ3n) is 5.18. The van der Waals surface area contributed by atoms with Crippen molar-refractivity contribution >= 4 is 5.78 Å². The maximum absolute atomic E-state index is 12.7. The molecule has 0 fully saturated rings. The molecule has 0 saturated heterocycles. The lowest BCUT2D eigenvalue weighted by atomic mass is 9.64. The van der Waals surface area contributed by atoms with E-state index in [4.69, 9.17) is 0 Å².